The van der Waals surface area contributed by atoms with E-state index in [1.165, 1.54) is 24.3 Å². The first-order valence-electron chi connectivity index (χ1n) is 10.4. The molecule has 7 heteroatoms. The van der Waals surface area contributed by atoms with Gasteiger partial charge < -0.3 is 29.6 Å². The van der Waals surface area contributed by atoms with E-state index >= 15 is 0 Å². The standard InChI is InChI=1S/C25H26O7/c1-12(2)5-7-15-22(28)21-19(32-24(15)14-8-6-13(26)9-17(14)27)11-18-16(23(21)29)10-20(31-18)25(3,4)30/h5-6,8-9,11,20,26-27,29-30H,7,10H2,1-4H3/t20-/m0/s1. The van der Waals surface area contributed by atoms with Crippen LogP contribution in [0.1, 0.15) is 38.8 Å². The monoisotopic (exact) mass is 438 g/mol. The Labute approximate surface area is 184 Å². The van der Waals surface area contributed by atoms with E-state index in [2.05, 4.69) is 0 Å². The predicted octanol–water partition coefficient (Wildman–Crippen LogP) is 4.16. The first-order valence-corrected chi connectivity index (χ1v) is 10.4. The molecule has 2 heterocycles. The highest BCUT2D eigenvalue weighted by molar-refractivity contribution is 5.90. The highest BCUT2D eigenvalue weighted by Crippen LogP contribution is 2.44. The highest BCUT2D eigenvalue weighted by Gasteiger charge is 2.37. The molecule has 4 N–H and O–H groups in total. The first kappa shape index (κ1) is 21.8. The molecule has 0 radical (unpaired) electrons. The molecule has 0 amide bonds. The van der Waals surface area contributed by atoms with Crippen molar-refractivity contribution in [2.24, 2.45) is 0 Å². The lowest BCUT2D eigenvalue weighted by atomic mass is 9.95. The van der Waals surface area contributed by atoms with E-state index in [1.54, 1.807) is 13.8 Å². The molecule has 0 bridgehead atoms. The van der Waals surface area contributed by atoms with Crippen molar-refractivity contribution in [3.63, 3.8) is 0 Å². The molecule has 0 saturated carbocycles. The molecule has 1 aromatic heterocycles. The summed E-state index contributed by atoms with van der Waals surface area (Å²) in [6, 6.07) is 5.56. The lowest BCUT2D eigenvalue weighted by molar-refractivity contribution is -0.0229. The summed E-state index contributed by atoms with van der Waals surface area (Å²) in [6.07, 6.45) is 1.76. The Morgan fingerprint density at radius 2 is 1.91 bits per heavy atom. The number of phenolic OH excluding ortho intramolecular Hbond substituents is 3. The van der Waals surface area contributed by atoms with Crippen molar-refractivity contribution in [2.75, 3.05) is 0 Å². The summed E-state index contributed by atoms with van der Waals surface area (Å²) in [7, 11) is 0. The van der Waals surface area contributed by atoms with Crippen LogP contribution in [0.2, 0.25) is 0 Å². The van der Waals surface area contributed by atoms with Gasteiger partial charge >= 0.3 is 0 Å². The number of aliphatic hydroxyl groups is 1. The van der Waals surface area contributed by atoms with Crippen molar-refractivity contribution in [3.8, 4) is 34.3 Å². The van der Waals surface area contributed by atoms with Crippen LogP contribution in [0.4, 0.5) is 0 Å². The zero-order valence-electron chi connectivity index (χ0n) is 18.4. The summed E-state index contributed by atoms with van der Waals surface area (Å²) in [6.45, 7) is 7.04. The van der Waals surface area contributed by atoms with E-state index < -0.39 is 17.1 Å². The molecule has 1 aliphatic rings. The van der Waals surface area contributed by atoms with Crippen molar-refractivity contribution in [1.82, 2.24) is 0 Å². The van der Waals surface area contributed by atoms with Crippen LogP contribution in [0, 0.1) is 0 Å². The number of benzene rings is 2. The Kier molecular flexibility index (Phi) is 5.17. The smallest absolute Gasteiger partial charge is 0.200 e. The molecule has 32 heavy (non-hydrogen) atoms. The molecular formula is C25H26O7. The van der Waals surface area contributed by atoms with Crippen LogP contribution in [0.5, 0.6) is 23.0 Å². The topological polar surface area (TPSA) is 120 Å². The second-order valence-corrected chi connectivity index (χ2v) is 8.97. The fourth-order valence-corrected chi connectivity index (χ4v) is 3.89. The zero-order chi connectivity index (χ0) is 23.4. The van der Waals surface area contributed by atoms with Crippen molar-refractivity contribution in [2.45, 2.75) is 52.2 Å². The molecule has 168 valence electrons. The fraction of sp³-hybridized carbons (Fsp3) is 0.320. The Balaban J connectivity index is 2.00. The lowest BCUT2D eigenvalue weighted by Gasteiger charge is -2.24. The Morgan fingerprint density at radius 3 is 2.53 bits per heavy atom. The quantitative estimate of drug-likeness (QED) is 0.452. The van der Waals surface area contributed by atoms with Gasteiger partial charge in [0.25, 0.3) is 0 Å². The van der Waals surface area contributed by atoms with Gasteiger partial charge in [-0.3, -0.25) is 4.79 Å². The highest BCUT2D eigenvalue weighted by atomic mass is 16.5. The van der Waals surface area contributed by atoms with E-state index in [-0.39, 0.29) is 57.9 Å². The first-order chi connectivity index (χ1) is 15.0. The second kappa shape index (κ2) is 7.60. The van der Waals surface area contributed by atoms with Crippen molar-refractivity contribution < 1.29 is 29.6 Å². The third-order valence-corrected chi connectivity index (χ3v) is 5.70. The maximum Gasteiger partial charge on any atom is 0.200 e. The number of hydrogen-bond donors (Lipinski definition) is 4. The van der Waals surface area contributed by atoms with Gasteiger partial charge in [0.05, 0.1) is 11.2 Å². The number of phenols is 3. The minimum absolute atomic E-state index is 0.0305. The molecule has 3 aromatic rings. The SMILES string of the molecule is CC(C)=CCc1c(-c2ccc(O)cc2O)oc2cc3c(c(O)c2c1=O)C[C@@H](C(C)(C)O)O3. The van der Waals surface area contributed by atoms with Gasteiger partial charge in [-0.25, -0.2) is 0 Å². The second-order valence-electron chi connectivity index (χ2n) is 8.97. The summed E-state index contributed by atoms with van der Waals surface area (Å²) in [5.41, 5.74) is 0.494. The van der Waals surface area contributed by atoms with E-state index in [0.29, 0.717) is 11.3 Å². The van der Waals surface area contributed by atoms with Gasteiger partial charge in [0, 0.05) is 29.7 Å². The summed E-state index contributed by atoms with van der Waals surface area (Å²) < 4.78 is 11.9. The Morgan fingerprint density at radius 1 is 1.19 bits per heavy atom. The maximum atomic E-state index is 13.5. The van der Waals surface area contributed by atoms with Crippen LogP contribution < -0.4 is 10.2 Å². The van der Waals surface area contributed by atoms with Gasteiger partial charge in [-0.15, -0.1) is 0 Å². The van der Waals surface area contributed by atoms with Crippen molar-refractivity contribution in [3.05, 3.63) is 57.3 Å². The van der Waals surface area contributed by atoms with Crippen LogP contribution in [-0.4, -0.2) is 32.1 Å². The summed E-state index contributed by atoms with van der Waals surface area (Å²) >= 11 is 0. The molecule has 0 saturated heterocycles. The molecule has 0 spiro atoms. The molecule has 4 rings (SSSR count). The molecular weight excluding hydrogens is 412 g/mol. The average molecular weight is 438 g/mol. The normalized spacial score (nSPS) is 15.5. The number of aromatic hydroxyl groups is 3. The fourth-order valence-electron chi connectivity index (χ4n) is 3.89. The Bertz CT molecular complexity index is 1300. The molecule has 0 aliphatic carbocycles. The summed E-state index contributed by atoms with van der Waals surface area (Å²) in [5, 5.41) is 41.4. The molecule has 7 nitrogen and oxygen atoms in total. The molecule has 0 fully saturated rings. The van der Waals surface area contributed by atoms with Gasteiger partial charge in [-0.1, -0.05) is 11.6 Å². The number of ether oxygens (including phenoxy) is 1. The molecule has 0 unspecified atom stereocenters. The minimum Gasteiger partial charge on any atom is -0.508 e. The number of hydrogen-bond acceptors (Lipinski definition) is 7. The number of rotatable bonds is 4. The predicted molar refractivity (Wildman–Crippen MR) is 120 cm³/mol. The zero-order valence-corrected chi connectivity index (χ0v) is 18.4. The van der Waals surface area contributed by atoms with E-state index in [1.807, 2.05) is 19.9 Å². The third kappa shape index (κ3) is 3.69. The van der Waals surface area contributed by atoms with Crippen LogP contribution in [0.15, 0.2) is 45.1 Å². The minimum atomic E-state index is -1.15. The van der Waals surface area contributed by atoms with Crippen LogP contribution in [0.25, 0.3) is 22.3 Å². The van der Waals surface area contributed by atoms with Crippen LogP contribution >= 0.6 is 0 Å². The lowest BCUT2D eigenvalue weighted by Crippen LogP contribution is -2.39. The van der Waals surface area contributed by atoms with Gasteiger partial charge in [0.1, 0.15) is 45.8 Å². The van der Waals surface area contributed by atoms with Crippen molar-refractivity contribution in [1.29, 1.82) is 0 Å². The maximum absolute atomic E-state index is 13.5. The van der Waals surface area contributed by atoms with E-state index in [0.717, 1.165) is 5.57 Å². The summed E-state index contributed by atoms with van der Waals surface area (Å²) in [5.74, 6) is -0.105. The van der Waals surface area contributed by atoms with E-state index in [9.17, 15) is 25.2 Å². The largest absolute Gasteiger partial charge is 0.508 e. The van der Waals surface area contributed by atoms with Gasteiger partial charge in [0.15, 0.2) is 0 Å². The van der Waals surface area contributed by atoms with E-state index in [4.69, 9.17) is 9.15 Å². The van der Waals surface area contributed by atoms with Crippen LogP contribution in [0.3, 0.4) is 0 Å². The molecule has 1 atom stereocenters. The average Bonchev–Trinajstić information content (AvgIpc) is 3.12. The molecule has 2 aromatic carbocycles. The number of allylic oxidation sites excluding steroid dienone is 2. The molecule has 1 aliphatic heterocycles. The van der Waals surface area contributed by atoms with Gasteiger partial charge in [-0.2, -0.15) is 0 Å². The Hall–Kier alpha value is -3.45. The third-order valence-electron chi connectivity index (χ3n) is 5.70. The summed E-state index contributed by atoms with van der Waals surface area (Å²) in [4.78, 5) is 13.5. The van der Waals surface area contributed by atoms with Gasteiger partial charge in [-0.05, 0) is 46.2 Å². The van der Waals surface area contributed by atoms with Crippen LogP contribution in [-0.2, 0) is 12.8 Å². The van der Waals surface area contributed by atoms with Gasteiger partial charge in [0.2, 0.25) is 5.43 Å². The van der Waals surface area contributed by atoms with Crippen molar-refractivity contribution >= 4 is 11.0 Å². The number of fused-ring (bicyclic) bond motifs is 2.